The molecule has 1 aliphatic rings. The van der Waals surface area contributed by atoms with E-state index in [0.29, 0.717) is 12.4 Å². The normalized spacial score (nSPS) is 15.7. The quantitative estimate of drug-likeness (QED) is 0.213. The molecule has 0 N–H and O–H groups in total. The molecule has 3 aromatic rings. The first-order chi connectivity index (χ1) is 16.6. The van der Waals surface area contributed by atoms with Crippen molar-refractivity contribution in [3.63, 3.8) is 0 Å². The molecule has 6 nitrogen and oxygen atoms in total. The second kappa shape index (κ2) is 11.8. The van der Waals surface area contributed by atoms with Crippen LogP contribution in [0, 0.1) is 17.0 Å². The third-order valence-electron chi connectivity index (χ3n) is 6.37. The van der Waals surface area contributed by atoms with Crippen LogP contribution in [-0.2, 0) is 4.74 Å². The molecule has 0 radical (unpaired) electrons. The van der Waals surface area contributed by atoms with E-state index >= 15 is 0 Å². The molecule has 1 saturated heterocycles. The lowest BCUT2D eigenvalue weighted by atomic mass is 9.96. The molecule has 0 aliphatic carbocycles. The highest BCUT2D eigenvalue weighted by atomic mass is 16.6. The Balaban J connectivity index is 1.27. The minimum absolute atomic E-state index is 0.0158. The molecule has 34 heavy (non-hydrogen) atoms. The average molecular weight is 461 g/mol. The van der Waals surface area contributed by atoms with Gasteiger partial charge in [-0.3, -0.25) is 10.1 Å². The molecular weight excluding hydrogens is 428 g/mol. The van der Waals surface area contributed by atoms with Crippen molar-refractivity contribution < 1.29 is 14.4 Å². The van der Waals surface area contributed by atoms with E-state index in [2.05, 4.69) is 60.4 Å². The molecule has 0 spiro atoms. The number of nitrogens with zero attached hydrogens (tertiary/aromatic N) is 2. The number of piperidine rings is 1. The van der Waals surface area contributed by atoms with Gasteiger partial charge < -0.3 is 14.4 Å². The molecule has 1 aliphatic heterocycles. The van der Waals surface area contributed by atoms with Crippen LogP contribution in [0.2, 0.25) is 0 Å². The second-order valence-corrected chi connectivity index (χ2v) is 8.75. The summed E-state index contributed by atoms with van der Waals surface area (Å²) in [4.78, 5) is 13.1. The fourth-order valence-corrected chi connectivity index (χ4v) is 4.50. The predicted octanol–water partition coefficient (Wildman–Crippen LogP) is 5.94. The van der Waals surface area contributed by atoms with Gasteiger partial charge in [-0.1, -0.05) is 66.7 Å². The largest absolute Gasteiger partial charge is 0.487 e. The predicted molar refractivity (Wildman–Crippen MR) is 133 cm³/mol. The van der Waals surface area contributed by atoms with Crippen LogP contribution in [0.3, 0.4) is 0 Å². The van der Waals surface area contributed by atoms with Crippen molar-refractivity contribution in [2.45, 2.75) is 38.4 Å². The number of rotatable bonds is 10. The maximum atomic E-state index is 11.1. The van der Waals surface area contributed by atoms with Gasteiger partial charge in [-0.2, -0.15) is 0 Å². The van der Waals surface area contributed by atoms with Crippen molar-refractivity contribution in [1.82, 2.24) is 4.90 Å². The van der Waals surface area contributed by atoms with Gasteiger partial charge in [0.05, 0.1) is 17.6 Å². The van der Waals surface area contributed by atoms with Crippen LogP contribution in [0.15, 0.2) is 78.9 Å². The van der Waals surface area contributed by atoms with E-state index in [9.17, 15) is 10.1 Å². The van der Waals surface area contributed by atoms with Gasteiger partial charge in [-0.05, 0) is 48.9 Å². The standard InChI is InChI=1S/C28H32N2O4/c1-22-10-5-6-13-25(22)28(23-11-3-2-4-12-23)34-24-16-19-29(20-17-24)18-9-21-33-27-15-8-7-14-26(27)30(31)32/h2-8,10-15,24,28H,9,16-21H2,1H3. The topological polar surface area (TPSA) is 64.8 Å². The average Bonchev–Trinajstić information content (AvgIpc) is 2.87. The molecule has 178 valence electrons. The number of hydrogen-bond acceptors (Lipinski definition) is 5. The molecule has 1 atom stereocenters. The Morgan fingerprint density at radius 2 is 1.65 bits per heavy atom. The Morgan fingerprint density at radius 1 is 0.971 bits per heavy atom. The fourth-order valence-electron chi connectivity index (χ4n) is 4.50. The third-order valence-corrected chi connectivity index (χ3v) is 6.37. The molecular formula is C28H32N2O4. The number of nitro benzene ring substituents is 1. The van der Waals surface area contributed by atoms with E-state index < -0.39 is 4.92 Å². The van der Waals surface area contributed by atoms with Crippen molar-refractivity contribution in [2.24, 2.45) is 0 Å². The summed E-state index contributed by atoms with van der Waals surface area (Å²) in [5.74, 6) is 0.336. The van der Waals surface area contributed by atoms with Crippen LogP contribution in [0.1, 0.15) is 42.1 Å². The molecule has 3 aromatic carbocycles. The van der Waals surface area contributed by atoms with E-state index in [1.807, 2.05) is 6.07 Å². The first-order valence-electron chi connectivity index (χ1n) is 12.0. The summed E-state index contributed by atoms with van der Waals surface area (Å²) in [5, 5.41) is 11.1. The number of likely N-dealkylation sites (tertiary alicyclic amines) is 1. The zero-order valence-corrected chi connectivity index (χ0v) is 19.6. The van der Waals surface area contributed by atoms with Crippen molar-refractivity contribution in [2.75, 3.05) is 26.2 Å². The Labute approximate surface area is 201 Å². The van der Waals surface area contributed by atoms with Gasteiger partial charge in [-0.25, -0.2) is 0 Å². The monoisotopic (exact) mass is 460 g/mol. The molecule has 0 saturated carbocycles. The van der Waals surface area contributed by atoms with Gasteiger partial charge in [0.2, 0.25) is 0 Å². The summed E-state index contributed by atoms with van der Waals surface area (Å²) in [6.45, 7) is 5.47. The van der Waals surface area contributed by atoms with Crippen molar-refractivity contribution >= 4 is 5.69 Å². The summed E-state index contributed by atoms with van der Waals surface area (Å²) >= 11 is 0. The van der Waals surface area contributed by atoms with Crippen LogP contribution >= 0.6 is 0 Å². The van der Waals surface area contributed by atoms with Gasteiger partial charge in [-0.15, -0.1) is 0 Å². The van der Waals surface area contributed by atoms with Gasteiger partial charge in [0.15, 0.2) is 5.75 Å². The first kappa shape index (κ1) is 23.9. The van der Waals surface area contributed by atoms with Crippen LogP contribution < -0.4 is 4.74 Å². The van der Waals surface area contributed by atoms with E-state index in [4.69, 9.17) is 9.47 Å². The maximum Gasteiger partial charge on any atom is 0.310 e. The molecule has 0 aromatic heterocycles. The van der Waals surface area contributed by atoms with Crippen LogP contribution in [0.4, 0.5) is 5.69 Å². The molecule has 1 fully saturated rings. The minimum Gasteiger partial charge on any atom is -0.487 e. The lowest BCUT2D eigenvalue weighted by Gasteiger charge is -2.34. The number of aryl methyl sites for hydroxylation is 1. The van der Waals surface area contributed by atoms with E-state index in [1.54, 1.807) is 18.2 Å². The Bertz CT molecular complexity index is 1060. The van der Waals surface area contributed by atoms with E-state index in [1.165, 1.54) is 22.8 Å². The Kier molecular flexibility index (Phi) is 8.28. The van der Waals surface area contributed by atoms with Crippen LogP contribution in [0.25, 0.3) is 0 Å². The number of hydrogen-bond donors (Lipinski definition) is 0. The lowest BCUT2D eigenvalue weighted by Crippen LogP contribution is -2.38. The molecule has 6 heteroatoms. The van der Waals surface area contributed by atoms with E-state index in [-0.39, 0.29) is 17.9 Å². The van der Waals surface area contributed by atoms with Crippen molar-refractivity contribution in [1.29, 1.82) is 0 Å². The number of benzene rings is 3. The highest BCUT2D eigenvalue weighted by molar-refractivity contribution is 5.45. The molecule has 4 rings (SSSR count). The second-order valence-electron chi connectivity index (χ2n) is 8.75. The summed E-state index contributed by atoms with van der Waals surface area (Å²) in [6.07, 6.45) is 2.95. The zero-order valence-electron chi connectivity index (χ0n) is 19.6. The Morgan fingerprint density at radius 3 is 2.38 bits per heavy atom. The van der Waals surface area contributed by atoms with Gasteiger partial charge >= 0.3 is 5.69 Å². The number of nitro groups is 1. The van der Waals surface area contributed by atoms with Crippen LogP contribution in [-0.4, -0.2) is 42.2 Å². The summed E-state index contributed by atoms with van der Waals surface area (Å²) < 4.78 is 12.4. The summed E-state index contributed by atoms with van der Waals surface area (Å²) in [5.41, 5.74) is 3.67. The SMILES string of the molecule is Cc1ccccc1C(OC1CCN(CCCOc2ccccc2[N+](=O)[O-])CC1)c1ccccc1. The molecule has 0 amide bonds. The minimum atomic E-state index is -0.403. The summed E-state index contributed by atoms with van der Waals surface area (Å²) in [7, 11) is 0. The van der Waals surface area contributed by atoms with Gasteiger partial charge in [0, 0.05) is 25.7 Å². The smallest absolute Gasteiger partial charge is 0.310 e. The third kappa shape index (κ3) is 6.22. The van der Waals surface area contributed by atoms with Gasteiger partial charge in [0.25, 0.3) is 0 Å². The van der Waals surface area contributed by atoms with Crippen molar-refractivity contribution in [3.8, 4) is 5.75 Å². The molecule has 1 unspecified atom stereocenters. The van der Waals surface area contributed by atoms with E-state index in [0.717, 1.165) is 38.9 Å². The number of para-hydroxylation sites is 2. The number of ether oxygens (including phenoxy) is 2. The maximum absolute atomic E-state index is 11.1. The highest BCUT2D eigenvalue weighted by Crippen LogP contribution is 2.32. The van der Waals surface area contributed by atoms with Gasteiger partial charge in [0.1, 0.15) is 6.10 Å². The molecule has 1 heterocycles. The van der Waals surface area contributed by atoms with Crippen molar-refractivity contribution in [3.05, 3.63) is 106 Å². The van der Waals surface area contributed by atoms with Crippen LogP contribution in [0.5, 0.6) is 5.75 Å². The lowest BCUT2D eigenvalue weighted by molar-refractivity contribution is -0.385. The highest BCUT2D eigenvalue weighted by Gasteiger charge is 2.25. The Hall–Kier alpha value is -3.22. The molecule has 0 bridgehead atoms. The zero-order chi connectivity index (χ0) is 23.8. The summed E-state index contributed by atoms with van der Waals surface area (Å²) in [6, 6.07) is 25.4. The first-order valence-corrected chi connectivity index (χ1v) is 12.0. The fraction of sp³-hybridized carbons (Fsp3) is 0.357.